The third kappa shape index (κ3) is 2.09. The second kappa shape index (κ2) is 4.21. The van der Waals surface area contributed by atoms with Gasteiger partial charge in [-0.3, -0.25) is 0 Å². The van der Waals surface area contributed by atoms with Crippen molar-refractivity contribution in [2.75, 3.05) is 6.61 Å². The SMILES string of the molecule is CC1(C)O[C@H]2O[C@H]([C@H](N)CCO)[C@H](O)[C@H]2O1. The molecule has 0 bridgehead atoms. The van der Waals surface area contributed by atoms with Gasteiger partial charge in [-0.05, 0) is 20.3 Å². The molecule has 0 radical (unpaired) electrons. The minimum Gasteiger partial charge on any atom is -0.396 e. The molecular formula is C10H19NO5. The molecule has 0 unspecified atom stereocenters. The van der Waals surface area contributed by atoms with Gasteiger partial charge in [0, 0.05) is 12.6 Å². The Bertz CT molecular complexity index is 260. The van der Waals surface area contributed by atoms with Gasteiger partial charge in [0.15, 0.2) is 12.1 Å². The van der Waals surface area contributed by atoms with Crippen molar-refractivity contribution in [2.45, 2.75) is 56.7 Å². The second-order valence-corrected chi connectivity index (χ2v) is 4.74. The Labute approximate surface area is 94.3 Å². The van der Waals surface area contributed by atoms with E-state index in [2.05, 4.69) is 0 Å². The zero-order valence-corrected chi connectivity index (χ0v) is 9.50. The van der Waals surface area contributed by atoms with Gasteiger partial charge in [0.25, 0.3) is 0 Å². The number of aliphatic hydroxyl groups is 2. The molecule has 94 valence electrons. The molecule has 4 N–H and O–H groups in total. The van der Waals surface area contributed by atoms with Crippen LogP contribution in [0.2, 0.25) is 0 Å². The van der Waals surface area contributed by atoms with Gasteiger partial charge in [-0.15, -0.1) is 0 Å². The summed E-state index contributed by atoms with van der Waals surface area (Å²) in [6.45, 7) is 3.50. The minimum absolute atomic E-state index is 0.0315. The highest BCUT2D eigenvalue weighted by molar-refractivity contribution is 4.96. The monoisotopic (exact) mass is 233 g/mol. The van der Waals surface area contributed by atoms with Crippen molar-refractivity contribution in [1.29, 1.82) is 0 Å². The molecule has 0 saturated carbocycles. The Morgan fingerprint density at radius 1 is 1.38 bits per heavy atom. The number of ether oxygens (including phenoxy) is 3. The van der Waals surface area contributed by atoms with E-state index in [9.17, 15) is 5.11 Å². The molecule has 0 aromatic carbocycles. The lowest BCUT2D eigenvalue weighted by molar-refractivity contribution is -0.217. The summed E-state index contributed by atoms with van der Waals surface area (Å²) in [4.78, 5) is 0. The van der Waals surface area contributed by atoms with Crippen molar-refractivity contribution in [2.24, 2.45) is 5.73 Å². The number of hydrogen-bond donors (Lipinski definition) is 3. The van der Waals surface area contributed by atoms with E-state index in [1.165, 1.54) is 0 Å². The van der Waals surface area contributed by atoms with Crippen molar-refractivity contribution in [1.82, 2.24) is 0 Å². The summed E-state index contributed by atoms with van der Waals surface area (Å²) >= 11 is 0. The minimum atomic E-state index is -0.812. The van der Waals surface area contributed by atoms with E-state index in [0.717, 1.165) is 0 Å². The molecule has 16 heavy (non-hydrogen) atoms. The average Bonchev–Trinajstić information content (AvgIpc) is 2.62. The first-order chi connectivity index (χ1) is 7.44. The fourth-order valence-electron chi connectivity index (χ4n) is 2.18. The van der Waals surface area contributed by atoms with Gasteiger partial charge in [0.1, 0.15) is 18.3 Å². The van der Waals surface area contributed by atoms with Crippen LogP contribution >= 0.6 is 0 Å². The summed E-state index contributed by atoms with van der Waals surface area (Å²) < 4.78 is 16.5. The average molecular weight is 233 g/mol. The smallest absolute Gasteiger partial charge is 0.190 e. The lowest BCUT2D eigenvalue weighted by Crippen LogP contribution is -2.45. The predicted octanol–water partition coefficient (Wildman–Crippen LogP) is -1.07. The third-order valence-electron chi connectivity index (χ3n) is 2.94. The maximum Gasteiger partial charge on any atom is 0.190 e. The lowest BCUT2D eigenvalue weighted by atomic mass is 10.0. The molecule has 2 aliphatic heterocycles. The van der Waals surface area contributed by atoms with Crippen molar-refractivity contribution < 1.29 is 24.4 Å². The van der Waals surface area contributed by atoms with Crippen LogP contribution < -0.4 is 5.73 Å². The maximum atomic E-state index is 10.00. The van der Waals surface area contributed by atoms with E-state index >= 15 is 0 Å². The van der Waals surface area contributed by atoms with E-state index in [1.807, 2.05) is 0 Å². The summed E-state index contributed by atoms with van der Waals surface area (Å²) in [7, 11) is 0. The van der Waals surface area contributed by atoms with Crippen molar-refractivity contribution >= 4 is 0 Å². The number of hydrogen-bond acceptors (Lipinski definition) is 6. The fraction of sp³-hybridized carbons (Fsp3) is 1.00. The molecule has 5 atom stereocenters. The van der Waals surface area contributed by atoms with Crippen LogP contribution in [-0.4, -0.2) is 53.3 Å². The number of rotatable bonds is 3. The van der Waals surface area contributed by atoms with Crippen LogP contribution in [0.3, 0.4) is 0 Å². The molecule has 2 aliphatic rings. The van der Waals surface area contributed by atoms with E-state index in [-0.39, 0.29) is 6.61 Å². The zero-order chi connectivity index (χ0) is 11.9. The van der Waals surface area contributed by atoms with Gasteiger partial charge < -0.3 is 30.2 Å². The van der Waals surface area contributed by atoms with Gasteiger partial charge in [0.2, 0.25) is 0 Å². The number of fused-ring (bicyclic) bond motifs is 1. The summed E-state index contributed by atoms with van der Waals surface area (Å²) in [5, 5.41) is 18.8. The van der Waals surface area contributed by atoms with Gasteiger partial charge in [-0.25, -0.2) is 0 Å². The third-order valence-corrected chi connectivity index (χ3v) is 2.94. The zero-order valence-electron chi connectivity index (χ0n) is 9.50. The van der Waals surface area contributed by atoms with Crippen LogP contribution in [0.25, 0.3) is 0 Å². The first-order valence-electron chi connectivity index (χ1n) is 5.50. The van der Waals surface area contributed by atoms with E-state index < -0.39 is 36.4 Å². The second-order valence-electron chi connectivity index (χ2n) is 4.74. The van der Waals surface area contributed by atoms with Gasteiger partial charge in [0.05, 0.1) is 0 Å². The summed E-state index contributed by atoms with van der Waals surface area (Å²) in [6, 6.07) is -0.416. The number of aliphatic hydroxyl groups excluding tert-OH is 2. The molecule has 2 fully saturated rings. The standard InChI is InChI=1S/C10H19NO5/c1-10(2)15-8-6(13)7(5(11)3-4-12)14-9(8)16-10/h5-9,12-13H,3-4,11H2,1-2H3/t5-,6+,7-,8-,9-/m1/s1. The highest BCUT2D eigenvalue weighted by Crippen LogP contribution is 2.38. The molecule has 0 aromatic rings. The van der Waals surface area contributed by atoms with Crippen LogP contribution in [0.5, 0.6) is 0 Å². The van der Waals surface area contributed by atoms with Crippen LogP contribution in [0, 0.1) is 0 Å². The Morgan fingerprint density at radius 3 is 2.62 bits per heavy atom. The van der Waals surface area contributed by atoms with Crippen LogP contribution in [-0.2, 0) is 14.2 Å². The van der Waals surface area contributed by atoms with Crippen molar-refractivity contribution in [3.63, 3.8) is 0 Å². The first-order valence-corrected chi connectivity index (χ1v) is 5.50. The quantitative estimate of drug-likeness (QED) is 0.575. The highest BCUT2D eigenvalue weighted by atomic mass is 16.8. The summed E-state index contributed by atoms with van der Waals surface area (Å²) in [5.74, 6) is -0.734. The van der Waals surface area contributed by atoms with Crippen LogP contribution in [0.1, 0.15) is 20.3 Å². The lowest BCUT2D eigenvalue weighted by Gasteiger charge is -2.26. The number of nitrogens with two attached hydrogens (primary N) is 1. The van der Waals surface area contributed by atoms with Gasteiger partial charge in [-0.1, -0.05) is 0 Å². The van der Waals surface area contributed by atoms with Crippen LogP contribution in [0.4, 0.5) is 0 Å². The normalized spacial score (nSPS) is 43.3. The Kier molecular flexibility index (Phi) is 3.22. The summed E-state index contributed by atoms with van der Waals surface area (Å²) in [6.07, 6.45) is -2.04. The van der Waals surface area contributed by atoms with Crippen LogP contribution in [0.15, 0.2) is 0 Å². The Morgan fingerprint density at radius 2 is 2.06 bits per heavy atom. The molecule has 2 rings (SSSR count). The largest absolute Gasteiger partial charge is 0.396 e. The molecule has 0 aliphatic carbocycles. The molecule has 6 nitrogen and oxygen atoms in total. The topological polar surface area (TPSA) is 94.2 Å². The highest BCUT2D eigenvalue weighted by Gasteiger charge is 2.55. The molecule has 6 heteroatoms. The molecule has 0 spiro atoms. The van der Waals surface area contributed by atoms with Crippen molar-refractivity contribution in [3.05, 3.63) is 0 Å². The fourth-order valence-corrected chi connectivity index (χ4v) is 2.18. The molecule has 0 amide bonds. The Hall–Kier alpha value is -0.240. The molecular weight excluding hydrogens is 214 g/mol. The molecule has 2 heterocycles. The van der Waals surface area contributed by atoms with Crippen molar-refractivity contribution in [3.8, 4) is 0 Å². The first kappa shape index (κ1) is 12.2. The molecule has 2 saturated heterocycles. The summed E-state index contributed by atoms with van der Waals surface area (Å²) in [5.41, 5.74) is 5.79. The molecule has 0 aromatic heterocycles. The Balaban J connectivity index is 1.99. The van der Waals surface area contributed by atoms with E-state index in [0.29, 0.717) is 6.42 Å². The van der Waals surface area contributed by atoms with E-state index in [1.54, 1.807) is 13.8 Å². The van der Waals surface area contributed by atoms with E-state index in [4.69, 9.17) is 25.1 Å². The van der Waals surface area contributed by atoms with Gasteiger partial charge in [-0.2, -0.15) is 0 Å². The maximum absolute atomic E-state index is 10.00. The predicted molar refractivity (Wildman–Crippen MR) is 54.4 cm³/mol. The van der Waals surface area contributed by atoms with Gasteiger partial charge >= 0.3 is 0 Å².